The molecule has 4 rings (SSSR count). The van der Waals surface area contributed by atoms with Crippen molar-refractivity contribution < 1.29 is 14.4 Å². The minimum absolute atomic E-state index is 0.0372. The van der Waals surface area contributed by atoms with Crippen LogP contribution >= 0.6 is 11.6 Å². The molecule has 0 aliphatic heterocycles. The lowest BCUT2D eigenvalue weighted by atomic mass is 10.2. The van der Waals surface area contributed by atoms with Crippen LogP contribution in [0.2, 0.25) is 5.02 Å². The third kappa shape index (κ3) is 3.31. The van der Waals surface area contributed by atoms with Crippen molar-refractivity contribution in [3.05, 3.63) is 57.9 Å². The molecule has 1 N–H and O–H groups in total. The fraction of sp³-hybridized carbons (Fsp3) is 0.111. The zero-order valence-corrected chi connectivity index (χ0v) is 16.5. The summed E-state index contributed by atoms with van der Waals surface area (Å²) in [7, 11) is 2.92. The topological polar surface area (TPSA) is 130 Å². The van der Waals surface area contributed by atoms with Crippen molar-refractivity contribution in [2.45, 2.75) is 0 Å². The summed E-state index contributed by atoms with van der Waals surface area (Å²) in [6.07, 6.45) is 1.19. The zero-order chi connectivity index (χ0) is 21.3. The fourth-order valence-electron chi connectivity index (χ4n) is 2.89. The summed E-state index contributed by atoms with van der Waals surface area (Å²) in [5.41, 5.74) is 1.11. The van der Waals surface area contributed by atoms with E-state index in [-0.39, 0.29) is 17.3 Å². The van der Waals surface area contributed by atoms with E-state index in [4.69, 9.17) is 21.1 Å². The van der Waals surface area contributed by atoms with Gasteiger partial charge in [-0.2, -0.15) is 4.68 Å². The molecular formula is C18H14ClN7O4. The van der Waals surface area contributed by atoms with Gasteiger partial charge >= 0.3 is 5.69 Å². The number of nitro groups is 1. The van der Waals surface area contributed by atoms with Crippen LogP contribution in [0.4, 0.5) is 17.2 Å². The normalized spacial score (nSPS) is 10.8. The van der Waals surface area contributed by atoms with Crippen LogP contribution in [-0.4, -0.2) is 44.1 Å². The number of halogens is 1. The van der Waals surface area contributed by atoms with E-state index in [1.807, 2.05) is 0 Å². The molecule has 12 heteroatoms. The highest BCUT2D eigenvalue weighted by molar-refractivity contribution is 6.32. The maximum atomic E-state index is 11.9. The van der Waals surface area contributed by atoms with Crippen LogP contribution in [0, 0.1) is 10.1 Å². The Morgan fingerprint density at radius 3 is 2.63 bits per heavy atom. The van der Waals surface area contributed by atoms with Crippen LogP contribution in [0.3, 0.4) is 0 Å². The number of aromatic nitrogens is 5. The van der Waals surface area contributed by atoms with E-state index in [1.54, 1.807) is 30.3 Å². The summed E-state index contributed by atoms with van der Waals surface area (Å²) in [5, 5.41) is 23.2. The summed E-state index contributed by atoms with van der Waals surface area (Å²) in [6, 6.07) is 10.1. The van der Waals surface area contributed by atoms with Gasteiger partial charge in [-0.1, -0.05) is 28.9 Å². The SMILES string of the molecule is COc1cc(OC)c(Nc2ncnc(-n3nnc4ccccc43)c2[N+](=O)[O-])cc1Cl. The first kappa shape index (κ1) is 19.3. The van der Waals surface area contributed by atoms with Crippen molar-refractivity contribution in [1.82, 2.24) is 25.0 Å². The molecule has 0 saturated carbocycles. The zero-order valence-electron chi connectivity index (χ0n) is 15.7. The molecule has 2 aromatic carbocycles. The first-order valence-electron chi connectivity index (χ1n) is 8.52. The van der Waals surface area contributed by atoms with E-state index in [9.17, 15) is 10.1 Å². The molecule has 0 bridgehead atoms. The Kier molecular flexibility index (Phi) is 5.02. The molecule has 0 aliphatic rings. The Morgan fingerprint density at radius 1 is 1.13 bits per heavy atom. The molecule has 0 atom stereocenters. The molecule has 152 valence electrons. The maximum absolute atomic E-state index is 11.9. The van der Waals surface area contributed by atoms with Crippen LogP contribution in [0.5, 0.6) is 11.5 Å². The van der Waals surface area contributed by atoms with Crippen molar-refractivity contribution in [3.8, 4) is 17.3 Å². The van der Waals surface area contributed by atoms with E-state index in [1.165, 1.54) is 31.3 Å². The quantitative estimate of drug-likeness (QED) is 0.362. The summed E-state index contributed by atoms with van der Waals surface area (Å²) in [5.74, 6) is 0.650. The average Bonchev–Trinajstić information content (AvgIpc) is 3.17. The van der Waals surface area contributed by atoms with Gasteiger partial charge in [0.05, 0.1) is 35.4 Å². The van der Waals surface area contributed by atoms with Crippen molar-refractivity contribution in [2.24, 2.45) is 0 Å². The first-order chi connectivity index (χ1) is 14.5. The largest absolute Gasteiger partial charge is 0.495 e. The molecule has 11 nitrogen and oxygen atoms in total. The molecule has 0 fully saturated rings. The molecule has 0 unspecified atom stereocenters. The van der Waals surface area contributed by atoms with Crippen LogP contribution in [-0.2, 0) is 0 Å². The van der Waals surface area contributed by atoms with Gasteiger partial charge in [0, 0.05) is 6.07 Å². The number of hydrogen-bond acceptors (Lipinski definition) is 9. The van der Waals surface area contributed by atoms with Crippen molar-refractivity contribution in [2.75, 3.05) is 19.5 Å². The Morgan fingerprint density at radius 2 is 1.90 bits per heavy atom. The minimum Gasteiger partial charge on any atom is -0.495 e. The second-order valence-electron chi connectivity index (χ2n) is 5.95. The lowest BCUT2D eigenvalue weighted by molar-refractivity contribution is -0.384. The highest BCUT2D eigenvalue weighted by Gasteiger charge is 2.27. The number of hydrogen-bond donors (Lipinski definition) is 1. The Labute approximate surface area is 174 Å². The molecule has 4 aromatic rings. The minimum atomic E-state index is -0.592. The Hall–Kier alpha value is -3.99. The molecule has 2 aromatic heterocycles. The van der Waals surface area contributed by atoms with Gasteiger partial charge in [-0.25, -0.2) is 9.97 Å². The lowest BCUT2D eigenvalue weighted by Gasteiger charge is -2.14. The van der Waals surface area contributed by atoms with Gasteiger partial charge in [-0.3, -0.25) is 10.1 Å². The predicted octanol–water partition coefficient (Wildman–Crippen LogP) is 3.53. The van der Waals surface area contributed by atoms with Gasteiger partial charge in [0.2, 0.25) is 11.6 Å². The van der Waals surface area contributed by atoms with Gasteiger partial charge in [0.15, 0.2) is 0 Å². The van der Waals surface area contributed by atoms with E-state index in [0.29, 0.717) is 33.2 Å². The van der Waals surface area contributed by atoms with E-state index in [2.05, 4.69) is 25.6 Å². The first-order valence-corrected chi connectivity index (χ1v) is 8.90. The number of rotatable bonds is 6. The molecule has 0 radical (unpaired) electrons. The highest BCUT2D eigenvalue weighted by Crippen LogP contribution is 2.39. The summed E-state index contributed by atoms with van der Waals surface area (Å²) in [6.45, 7) is 0. The molecule has 0 amide bonds. The highest BCUT2D eigenvalue weighted by atomic mass is 35.5. The fourth-order valence-corrected chi connectivity index (χ4v) is 3.14. The lowest BCUT2D eigenvalue weighted by Crippen LogP contribution is -2.09. The maximum Gasteiger partial charge on any atom is 0.356 e. The summed E-state index contributed by atoms with van der Waals surface area (Å²) < 4.78 is 11.8. The van der Waals surface area contributed by atoms with Crippen LogP contribution in [0.25, 0.3) is 16.9 Å². The monoisotopic (exact) mass is 427 g/mol. The number of ether oxygens (including phenoxy) is 2. The van der Waals surface area contributed by atoms with Gasteiger partial charge in [-0.05, 0) is 18.2 Å². The van der Waals surface area contributed by atoms with E-state index in [0.717, 1.165) is 0 Å². The van der Waals surface area contributed by atoms with Crippen molar-refractivity contribution in [1.29, 1.82) is 0 Å². The van der Waals surface area contributed by atoms with Gasteiger partial charge in [0.25, 0.3) is 0 Å². The third-order valence-electron chi connectivity index (χ3n) is 4.26. The summed E-state index contributed by atoms with van der Waals surface area (Å²) in [4.78, 5) is 19.5. The second kappa shape index (κ2) is 7.79. The molecule has 0 spiro atoms. The standard InChI is InChI=1S/C18H14ClN7O4/c1-29-14-8-15(30-2)12(7-10(14)19)22-17-16(26(27)28)18(21-9-20-17)25-13-6-4-3-5-11(13)23-24-25/h3-9H,1-2H3,(H,20,21,22). The van der Waals surface area contributed by atoms with Crippen LogP contribution in [0.15, 0.2) is 42.7 Å². The Balaban J connectivity index is 1.86. The second-order valence-corrected chi connectivity index (χ2v) is 6.36. The number of fused-ring (bicyclic) bond motifs is 1. The predicted molar refractivity (Wildman–Crippen MR) is 109 cm³/mol. The van der Waals surface area contributed by atoms with Gasteiger partial charge in [0.1, 0.15) is 23.3 Å². The number of benzene rings is 2. The van der Waals surface area contributed by atoms with Crippen molar-refractivity contribution in [3.63, 3.8) is 0 Å². The molecule has 2 heterocycles. The smallest absolute Gasteiger partial charge is 0.356 e. The molecule has 0 aliphatic carbocycles. The number of para-hydroxylation sites is 1. The number of methoxy groups -OCH3 is 2. The van der Waals surface area contributed by atoms with Crippen LogP contribution in [0.1, 0.15) is 0 Å². The number of anilines is 2. The average molecular weight is 428 g/mol. The van der Waals surface area contributed by atoms with E-state index < -0.39 is 4.92 Å². The number of nitrogens with one attached hydrogen (secondary N) is 1. The van der Waals surface area contributed by atoms with Gasteiger partial charge < -0.3 is 14.8 Å². The van der Waals surface area contributed by atoms with Gasteiger partial charge in [-0.15, -0.1) is 5.10 Å². The Bertz CT molecular complexity index is 1260. The number of nitrogens with zero attached hydrogens (tertiary/aromatic N) is 6. The molecular weight excluding hydrogens is 414 g/mol. The van der Waals surface area contributed by atoms with Crippen molar-refractivity contribution >= 4 is 39.8 Å². The summed E-state index contributed by atoms with van der Waals surface area (Å²) >= 11 is 6.20. The molecule has 30 heavy (non-hydrogen) atoms. The van der Waals surface area contributed by atoms with Crippen LogP contribution < -0.4 is 14.8 Å². The van der Waals surface area contributed by atoms with E-state index >= 15 is 0 Å². The third-order valence-corrected chi connectivity index (χ3v) is 4.56. The molecule has 0 saturated heterocycles.